The molecule has 4 nitrogen and oxygen atoms in total. The lowest BCUT2D eigenvalue weighted by atomic mass is 10.2. The fraction of sp³-hybridized carbons (Fsp3) is 0.182. The van der Waals surface area contributed by atoms with E-state index >= 15 is 0 Å². The summed E-state index contributed by atoms with van der Waals surface area (Å²) in [6, 6.07) is 6.26. The molecule has 0 radical (unpaired) electrons. The minimum absolute atomic E-state index is 0. The first-order valence-corrected chi connectivity index (χ1v) is 4.68. The second-order valence-electron chi connectivity index (χ2n) is 3.15. The molecular formula is C11H14ClFN2O2. The van der Waals surface area contributed by atoms with Crippen molar-refractivity contribution in [3.63, 3.8) is 0 Å². The number of halogens is 2. The van der Waals surface area contributed by atoms with Crippen LogP contribution in [0.1, 0.15) is 10.4 Å². The van der Waals surface area contributed by atoms with Crippen LogP contribution in [0.4, 0.5) is 4.39 Å². The molecule has 1 aromatic carbocycles. The van der Waals surface area contributed by atoms with Crippen LogP contribution in [0.25, 0.3) is 0 Å². The Morgan fingerprint density at radius 2 is 1.94 bits per heavy atom. The number of ether oxygens (including phenoxy) is 1. The van der Waals surface area contributed by atoms with E-state index < -0.39 is 5.91 Å². The van der Waals surface area contributed by atoms with Gasteiger partial charge in [0.25, 0.3) is 0 Å². The first-order chi connectivity index (χ1) is 7.67. The summed E-state index contributed by atoms with van der Waals surface area (Å²) in [5.41, 5.74) is 11.1. The standard InChI is InChI=1S/C11H13FN2O2.ClH/c12-5-8(6-13)7-16-10-3-1-9(2-4-10)11(14)15;/h1-5H,6-7,13H2,(H2,14,15);1H/b8-5+;. The van der Waals surface area contributed by atoms with Gasteiger partial charge in [-0.05, 0) is 24.3 Å². The molecule has 4 N–H and O–H groups in total. The molecule has 0 bridgehead atoms. The summed E-state index contributed by atoms with van der Waals surface area (Å²) in [6.07, 6.45) is 0.428. The third-order valence-electron chi connectivity index (χ3n) is 1.98. The lowest BCUT2D eigenvalue weighted by molar-refractivity contribution is 0.100. The summed E-state index contributed by atoms with van der Waals surface area (Å²) >= 11 is 0. The van der Waals surface area contributed by atoms with Crippen LogP contribution in [0, 0.1) is 0 Å². The van der Waals surface area contributed by atoms with Gasteiger partial charge in [-0.15, -0.1) is 12.4 Å². The Hall–Kier alpha value is -1.59. The Labute approximate surface area is 105 Å². The highest BCUT2D eigenvalue weighted by atomic mass is 35.5. The normalized spacial score (nSPS) is 10.6. The van der Waals surface area contributed by atoms with Crippen molar-refractivity contribution < 1.29 is 13.9 Å². The highest BCUT2D eigenvalue weighted by Crippen LogP contribution is 2.12. The number of benzene rings is 1. The Balaban J connectivity index is 0.00000256. The maximum absolute atomic E-state index is 12.1. The SMILES string of the molecule is Cl.NC/C(=C\F)COc1ccc(C(N)=O)cc1. The largest absolute Gasteiger partial charge is 0.489 e. The third-order valence-corrected chi connectivity index (χ3v) is 1.98. The second kappa shape index (κ2) is 7.65. The summed E-state index contributed by atoms with van der Waals surface area (Å²) < 4.78 is 17.4. The minimum Gasteiger partial charge on any atom is -0.489 e. The van der Waals surface area contributed by atoms with Gasteiger partial charge in [-0.2, -0.15) is 0 Å². The molecule has 0 saturated carbocycles. The number of carbonyl (C=O) groups excluding carboxylic acids is 1. The van der Waals surface area contributed by atoms with Crippen molar-refractivity contribution in [3.8, 4) is 5.75 Å². The van der Waals surface area contributed by atoms with Crippen molar-refractivity contribution in [2.45, 2.75) is 0 Å². The number of amides is 1. The Kier molecular flexibility index (Phi) is 6.93. The molecule has 0 aliphatic rings. The van der Waals surface area contributed by atoms with Gasteiger partial charge in [0.1, 0.15) is 12.4 Å². The van der Waals surface area contributed by atoms with Gasteiger partial charge in [0.15, 0.2) is 0 Å². The molecule has 94 valence electrons. The highest BCUT2D eigenvalue weighted by molar-refractivity contribution is 5.92. The molecule has 0 heterocycles. The molecule has 0 fully saturated rings. The average Bonchev–Trinajstić information content (AvgIpc) is 2.31. The van der Waals surface area contributed by atoms with Crippen molar-refractivity contribution in [3.05, 3.63) is 41.7 Å². The van der Waals surface area contributed by atoms with E-state index in [2.05, 4.69) is 0 Å². The molecule has 0 unspecified atom stereocenters. The van der Waals surface area contributed by atoms with Crippen LogP contribution in [-0.2, 0) is 0 Å². The van der Waals surface area contributed by atoms with E-state index in [0.717, 1.165) is 0 Å². The van der Waals surface area contributed by atoms with Gasteiger partial charge in [-0.3, -0.25) is 4.79 Å². The molecule has 1 aromatic rings. The van der Waals surface area contributed by atoms with E-state index in [1.165, 1.54) is 0 Å². The van der Waals surface area contributed by atoms with Gasteiger partial charge in [-0.1, -0.05) is 0 Å². The van der Waals surface area contributed by atoms with Crippen molar-refractivity contribution in [1.82, 2.24) is 0 Å². The average molecular weight is 261 g/mol. The maximum Gasteiger partial charge on any atom is 0.248 e. The highest BCUT2D eigenvalue weighted by Gasteiger charge is 2.01. The number of hydrogen-bond donors (Lipinski definition) is 2. The number of carbonyl (C=O) groups is 1. The van der Waals surface area contributed by atoms with Gasteiger partial charge in [0, 0.05) is 17.7 Å². The van der Waals surface area contributed by atoms with Gasteiger partial charge in [0.2, 0.25) is 5.91 Å². The quantitative estimate of drug-likeness (QED) is 0.840. The summed E-state index contributed by atoms with van der Waals surface area (Å²) in [5.74, 6) is 0.0238. The number of rotatable bonds is 5. The van der Waals surface area contributed by atoms with Gasteiger partial charge < -0.3 is 16.2 Å². The van der Waals surface area contributed by atoms with E-state index in [9.17, 15) is 9.18 Å². The van der Waals surface area contributed by atoms with Gasteiger partial charge >= 0.3 is 0 Å². The van der Waals surface area contributed by atoms with Crippen molar-refractivity contribution in [2.24, 2.45) is 11.5 Å². The Morgan fingerprint density at radius 3 is 2.35 bits per heavy atom. The number of nitrogens with two attached hydrogens (primary N) is 2. The van der Waals surface area contributed by atoms with E-state index in [4.69, 9.17) is 16.2 Å². The summed E-state index contributed by atoms with van der Waals surface area (Å²) in [6.45, 7) is 0.193. The van der Waals surface area contributed by atoms with E-state index in [0.29, 0.717) is 23.2 Å². The molecular weight excluding hydrogens is 247 g/mol. The molecule has 0 aliphatic carbocycles. The first-order valence-electron chi connectivity index (χ1n) is 4.68. The summed E-state index contributed by atoms with van der Waals surface area (Å²) in [7, 11) is 0. The molecule has 0 atom stereocenters. The lowest BCUT2D eigenvalue weighted by Gasteiger charge is -2.07. The molecule has 0 aromatic heterocycles. The molecule has 1 rings (SSSR count). The zero-order valence-electron chi connectivity index (χ0n) is 9.06. The summed E-state index contributed by atoms with van der Waals surface area (Å²) in [4.78, 5) is 10.8. The van der Waals surface area contributed by atoms with E-state index in [1.54, 1.807) is 24.3 Å². The molecule has 1 amide bonds. The monoisotopic (exact) mass is 260 g/mol. The number of hydrogen-bond acceptors (Lipinski definition) is 3. The van der Waals surface area contributed by atoms with Crippen molar-refractivity contribution in [1.29, 1.82) is 0 Å². The summed E-state index contributed by atoms with van der Waals surface area (Å²) in [5, 5.41) is 0. The van der Waals surface area contributed by atoms with Crippen LogP contribution in [0.3, 0.4) is 0 Å². The van der Waals surface area contributed by atoms with E-state index in [-0.39, 0.29) is 25.6 Å². The van der Waals surface area contributed by atoms with E-state index in [1.807, 2.05) is 0 Å². The van der Waals surface area contributed by atoms with Crippen LogP contribution in [-0.4, -0.2) is 19.1 Å². The molecule has 0 aliphatic heterocycles. The topological polar surface area (TPSA) is 78.3 Å². The first kappa shape index (κ1) is 15.4. The van der Waals surface area contributed by atoms with Gasteiger partial charge in [-0.25, -0.2) is 4.39 Å². The van der Waals surface area contributed by atoms with Crippen molar-refractivity contribution in [2.75, 3.05) is 13.2 Å². The van der Waals surface area contributed by atoms with Crippen LogP contribution in [0.15, 0.2) is 36.2 Å². The number of primary amides is 1. The van der Waals surface area contributed by atoms with Crippen LogP contribution in [0.5, 0.6) is 5.75 Å². The molecule has 6 heteroatoms. The van der Waals surface area contributed by atoms with Gasteiger partial charge in [0.05, 0.1) is 6.33 Å². The fourth-order valence-corrected chi connectivity index (χ4v) is 1.03. The Morgan fingerprint density at radius 1 is 1.35 bits per heavy atom. The predicted octanol–water partition coefficient (Wildman–Crippen LogP) is 1.40. The van der Waals surface area contributed by atoms with Crippen LogP contribution >= 0.6 is 12.4 Å². The maximum atomic E-state index is 12.1. The smallest absolute Gasteiger partial charge is 0.248 e. The fourth-order valence-electron chi connectivity index (χ4n) is 1.03. The van der Waals surface area contributed by atoms with Crippen LogP contribution < -0.4 is 16.2 Å². The predicted molar refractivity (Wildman–Crippen MR) is 65.9 cm³/mol. The lowest BCUT2D eigenvalue weighted by Crippen LogP contribution is -2.12. The third kappa shape index (κ3) is 4.84. The Bertz CT molecular complexity index is 393. The van der Waals surface area contributed by atoms with Crippen LogP contribution in [0.2, 0.25) is 0 Å². The zero-order valence-corrected chi connectivity index (χ0v) is 9.87. The molecule has 0 spiro atoms. The zero-order chi connectivity index (χ0) is 12.0. The van der Waals surface area contributed by atoms with Crippen molar-refractivity contribution >= 4 is 18.3 Å². The molecule has 17 heavy (non-hydrogen) atoms. The molecule has 0 saturated heterocycles. The minimum atomic E-state index is -0.502. The second-order valence-corrected chi connectivity index (χ2v) is 3.15.